The Balaban J connectivity index is 2.15. The molecule has 0 saturated heterocycles. The predicted molar refractivity (Wildman–Crippen MR) is 56.6 cm³/mol. The molecule has 1 aromatic rings. The van der Waals surface area contributed by atoms with E-state index in [2.05, 4.69) is 10.3 Å². The van der Waals surface area contributed by atoms with Gasteiger partial charge in [-0.1, -0.05) is 0 Å². The zero-order valence-corrected chi connectivity index (χ0v) is 8.49. The van der Waals surface area contributed by atoms with Crippen LogP contribution in [0.1, 0.15) is 12.8 Å². The van der Waals surface area contributed by atoms with Crippen molar-refractivity contribution in [2.24, 2.45) is 5.92 Å². The van der Waals surface area contributed by atoms with Crippen molar-refractivity contribution < 1.29 is 9.53 Å². The minimum Gasteiger partial charge on any atom is -0.493 e. The van der Waals surface area contributed by atoms with Crippen molar-refractivity contribution in [1.82, 2.24) is 4.98 Å². The number of anilines is 2. The number of nitrogen functional groups attached to an aromatic ring is 1. The van der Waals surface area contributed by atoms with E-state index in [1.54, 1.807) is 6.07 Å². The summed E-state index contributed by atoms with van der Waals surface area (Å²) in [6.45, 7) is 0. The van der Waals surface area contributed by atoms with Gasteiger partial charge in [-0.05, 0) is 12.8 Å². The number of nitrogens with one attached hydrogen (secondary N) is 1. The number of carbonyl (C=O) groups is 1. The molecule has 5 nitrogen and oxygen atoms in total. The molecule has 1 heterocycles. The lowest BCUT2D eigenvalue weighted by Gasteiger charge is -2.08. The molecule has 1 saturated carbocycles. The number of methoxy groups -OCH3 is 1. The number of hydrogen-bond acceptors (Lipinski definition) is 4. The quantitative estimate of drug-likeness (QED) is 0.775. The lowest BCUT2D eigenvalue weighted by molar-refractivity contribution is -0.117. The van der Waals surface area contributed by atoms with E-state index in [0.29, 0.717) is 17.3 Å². The van der Waals surface area contributed by atoms with Crippen LogP contribution in [0.2, 0.25) is 0 Å². The summed E-state index contributed by atoms with van der Waals surface area (Å²) in [5.41, 5.74) is 6.06. The Morgan fingerprint density at radius 1 is 1.67 bits per heavy atom. The first-order chi connectivity index (χ1) is 7.20. The maximum atomic E-state index is 11.5. The van der Waals surface area contributed by atoms with Gasteiger partial charge in [0.05, 0.1) is 19.0 Å². The molecule has 3 N–H and O–H groups in total. The highest BCUT2D eigenvalue weighted by atomic mass is 16.5. The molecule has 1 amide bonds. The zero-order valence-electron chi connectivity index (χ0n) is 8.49. The van der Waals surface area contributed by atoms with Crippen LogP contribution < -0.4 is 15.8 Å². The minimum atomic E-state index is 0.00516. The van der Waals surface area contributed by atoms with E-state index in [0.717, 1.165) is 12.8 Å². The van der Waals surface area contributed by atoms with Crippen LogP contribution >= 0.6 is 0 Å². The molecule has 0 aliphatic heterocycles. The van der Waals surface area contributed by atoms with Gasteiger partial charge in [-0.3, -0.25) is 4.79 Å². The van der Waals surface area contributed by atoms with Crippen molar-refractivity contribution in [3.8, 4) is 5.75 Å². The largest absolute Gasteiger partial charge is 0.493 e. The molecular formula is C10H13N3O2. The van der Waals surface area contributed by atoms with E-state index >= 15 is 0 Å². The maximum absolute atomic E-state index is 11.5. The van der Waals surface area contributed by atoms with Crippen molar-refractivity contribution in [2.45, 2.75) is 12.8 Å². The molecule has 0 spiro atoms. The third-order valence-corrected chi connectivity index (χ3v) is 2.28. The highest BCUT2D eigenvalue weighted by molar-refractivity contribution is 5.94. The fourth-order valence-corrected chi connectivity index (χ4v) is 1.27. The first-order valence-electron chi connectivity index (χ1n) is 4.81. The lowest BCUT2D eigenvalue weighted by atomic mass is 10.3. The van der Waals surface area contributed by atoms with Gasteiger partial charge < -0.3 is 15.8 Å². The van der Waals surface area contributed by atoms with Gasteiger partial charge in [-0.15, -0.1) is 0 Å². The smallest absolute Gasteiger partial charge is 0.228 e. The molecule has 1 aromatic heterocycles. The van der Waals surface area contributed by atoms with Gasteiger partial charge in [0.2, 0.25) is 5.91 Å². The summed E-state index contributed by atoms with van der Waals surface area (Å²) in [7, 11) is 1.52. The number of carbonyl (C=O) groups excluding carboxylic acids is 1. The molecular weight excluding hydrogens is 194 g/mol. The van der Waals surface area contributed by atoms with Gasteiger partial charge in [0, 0.05) is 12.0 Å². The van der Waals surface area contributed by atoms with E-state index < -0.39 is 0 Å². The van der Waals surface area contributed by atoms with E-state index in [9.17, 15) is 4.79 Å². The van der Waals surface area contributed by atoms with Crippen LogP contribution in [0.25, 0.3) is 0 Å². The highest BCUT2D eigenvalue weighted by Crippen LogP contribution is 2.31. The molecule has 80 valence electrons. The van der Waals surface area contributed by atoms with Gasteiger partial charge in [-0.25, -0.2) is 4.98 Å². The molecule has 5 heteroatoms. The number of nitrogens with zero attached hydrogens (tertiary/aromatic N) is 1. The third kappa shape index (κ3) is 2.18. The maximum Gasteiger partial charge on any atom is 0.228 e. The molecule has 0 aromatic carbocycles. The van der Waals surface area contributed by atoms with Crippen LogP contribution in [-0.4, -0.2) is 18.0 Å². The van der Waals surface area contributed by atoms with Gasteiger partial charge in [-0.2, -0.15) is 0 Å². The SMILES string of the molecule is COc1cc(N)cnc1NC(=O)C1CC1. The molecule has 0 atom stereocenters. The average Bonchev–Trinajstić information content (AvgIpc) is 3.04. The summed E-state index contributed by atoms with van der Waals surface area (Å²) in [4.78, 5) is 15.5. The van der Waals surface area contributed by atoms with Crippen molar-refractivity contribution in [1.29, 1.82) is 0 Å². The molecule has 2 rings (SSSR count). The summed E-state index contributed by atoms with van der Waals surface area (Å²) in [5, 5.41) is 2.72. The first-order valence-corrected chi connectivity index (χ1v) is 4.81. The van der Waals surface area contributed by atoms with Crippen molar-refractivity contribution >= 4 is 17.4 Å². The van der Waals surface area contributed by atoms with Crippen LogP contribution in [0.3, 0.4) is 0 Å². The number of amides is 1. The monoisotopic (exact) mass is 207 g/mol. The lowest BCUT2D eigenvalue weighted by Crippen LogP contribution is -2.15. The Bertz CT molecular complexity index is 388. The van der Waals surface area contributed by atoms with Crippen LogP contribution in [0, 0.1) is 5.92 Å². The number of rotatable bonds is 3. The molecule has 1 aliphatic carbocycles. The normalized spacial score (nSPS) is 14.7. The predicted octanol–water partition coefficient (Wildman–Crippen LogP) is 1.02. The number of ether oxygens (including phenoxy) is 1. The summed E-state index contributed by atoms with van der Waals surface area (Å²) in [6.07, 6.45) is 3.41. The zero-order chi connectivity index (χ0) is 10.8. The second-order valence-electron chi connectivity index (χ2n) is 3.58. The standard InChI is InChI=1S/C10H13N3O2/c1-15-8-4-7(11)5-12-9(8)13-10(14)6-2-3-6/h4-6H,2-3,11H2,1H3,(H,12,13,14). The van der Waals surface area contributed by atoms with Crippen molar-refractivity contribution in [2.75, 3.05) is 18.2 Å². The van der Waals surface area contributed by atoms with E-state index in [1.807, 2.05) is 0 Å². The Hall–Kier alpha value is -1.78. The van der Waals surface area contributed by atoms with Crippen molar-refractivity contribution in [3.63, 3.8) is 0 Å². The van der Waals surface area contributed by atoms with E-state index in [4.69, 9.17) is 10.5 Å². The van der Waals surface area contributed by atoms with Crippen LogP contribution in [-0.2, 0) is 4.79 Å². The first kappa shape index (κ1) is 9.76. The summed E-state index contributed by atoms with van der Waals surface area (Å²) in [5.74, 6) is 1.08. The fraction of sp³-hybridized carbons (Fsp3) is 0.400. The minimum absolute atomic E-state index is 0.00516. The molecule has 0 bridgehead atoms. The van der Waals surface area contributed by atoms with Crippen LogP contribution in [0.4, 0.5) is 11.5 Å². The van der Waals surface area contributed by atoms with Crippen LogP contribution in [0.5, 0.6) is 5.75 Å². The number of aromatic nitrogens is 1. The average molecular weight is 207 g/mol. The van der Waals surface area contributed by atoms with Crippen LogP contribution in [0.15, 0.2) is 12.3 Å². The van der Waals surface area contributed by atoms with Gasteiger partial charge in [0.15, 0.2) is 11.6 Å². The molecule has 1 fully saturated rings. The van der Waals surface area contributed by atoms with Gasteiger partial charge >= 0.3 is 0 Å². The highest BCUT2D eigenvalue weighted by Gasteiger charge is 2.30. The molecule has 0 radical (unpaired) electrons. The second kappa shape index (κ2) is 3.76. The Morgan fingerprint density at radius 3 is 3.00 bits per heavy atom. The Labute approximate surface area is 87.6 Å². The molecule has 1 aliphatic rings. The second-order valence-corrected chi connectivity index (χ2v) is 3.58. The topological polar surface area (TPSA) is 77.2 Å². The van der Waals surface area contributed by atoms with Gasteiger partial charge in [0.1, 0.15) is 0 Å². The van der Waals surface area contributed by atoms with E-state index in [-0.39, 0.29) is 11.8 Å². The number of hydrogen-bond donors (Lipinski definition) is 2. The molecule has 0 unspecified atom stereocenters. The van der Waals surface area contributed by atoms with Crippen molar-refractivity contribution in [3.05, 3.63) is 12.3 Å². The molecule has 15 heavy (non-hydrogen) atoms. The van der Waals surface area contributed by atoms with E-state index in [1.165, 1.54) is 13.3 Å². The van der Waals surface area contributed by atoms with Gasteiger partial charge in [0.25, 0.3) is 0 Å². The fourth-order valence-electron chi connectivity index (χ4n) is 1.27. The Kier molecular flexibility index (Phi) is 2.45. The number of pyridine rings is 1. The summed E-state index contributed by atoms with van der Waals surface area (Å²) >= 11 is 0. The number of nitrogens with two attached hydrogens (primary N) is 1. The summed E-state index contributed by atoms with van der Waals surface area (Å²) < 4.78 is 5.07. The Morgan fingerprint density at radius 2 is 2.40 bits per heavy atom. The summed E-state index contributed by atoms with van der Waals surface area (Å²) in [6, 6.07) is 1.63. The third-order valence-electron chi connectivity index (χ3n) is 2.28.